The van der Waals surface area contributed by atoms with Gasteiger partial charge in [0.05, 0.1) is 6.42 Å². The molecule has 124 valence electrons. The highest BCUT2D eigenvalue weighted by Gasteiger charge is 2.34. The van der Waals surface area contributed by atoms with Crippen LogP contribution in [0.15, 0.2) is 0 Å². The Kier molecular flexibility index (Phi) is 6.42. The van der Waals surface area contributed by atoms with Gasteiger partial charge in [-0.1, -0.05) is 6.42 Å². The van der Waals surface area contributed by atoms with E-state index < -0.39 is 6.04 Å². The lowest BCUT2D eigenvalue weighted by atomic mass is 9.98. The van der Waals surface area contributed by atoms with Crippen LogP contribution in [0.2, 0.25) is 0 Å². The summed E-state index contributed by atoms with van der Waals surface area (Å²) in [5.41, 5.74) is 0. The molecular formula is C15H25N3O3S. The molecule has 1 aliphatic carbocycles. The summed E-state index contributed by atoms with van der Waals surface area (Å²) in [4.78, 5) is 26.0. The van der Waals surface area contributed by atoms with Gasteiger partial charge in [-0.3, -0.25) is 9.59 Å². The molecule has 0 aromatic carbocycles. The Bertz CT molecular complexity index is 424. The van der Waals surface area contributed by atoms with Gasteiger partial charge < -0.3 is 20.3 Å². The number of thiocarbonyl (C=S) groups is 1. The summed E-state index contributed by atoms with van der Waals surface area (Å²) in [7, 11) is 0. The first kappa shape index (κ1) is 17.0. The van der Waals surface area contributed by atoms with Crippen molar-refractivity contribution in [3.8, 4) is 0 Å². The van der Waals surface area contributed by atoms with Crippen LogP contribution in [0.3, 0.4) is 0 Å². The van der Waals surface area contributed by atoms with Gasteiger partial charge in [0.15, 0.2) is 5.11 Å². The second kappa shape index (κ2) is 8.31. The van der Waals surface area contributed by atoms with E-state index in [4.69, 9.17) is 17.0 Å². The zero-order valence-corrected chi connectivity index (χ0v) is 13.9. The molecule has 0 aromatic rings. The fourth-order valence-corrected chi connectivity index (χ4v) is 3.35. The molecule has 22 heavy (non-hydrogen) atoms. The lowest BCUT2D eigenvalue weighted by Crippen LogP contribution is -2.59. The Morgan fingerprint density at radius 1 is 1.41 bits per heavy atom. The second-order valence-corrected chi connectivity index (χ2v) is 6.18. The third kappa shape index (κ3) is 4.56. The molecule has 2 N–H and O–H groups in total. The molecule has 1 atom stereocenters. The quantitative estimate of drug-likeness (QED) is 0.592. The summed E-state index contributed by atoms with van der Waals surface area (Å²) in [5, 5.41) is 6.36. The summed E-state index contributed by atoms with van der Waals surface area (Å²) in [6.07, 6.45) is 5.36. The molecule has 7 heteroatoms. The van der Waals surface area contributed by atoms with E-state index in [0.717, 1.165) is 25.7 Å². The molecule has 1 aliphatic heterocycles. The number of piperazine rings is 1. The lowest BCUT2D eigenvalue weighted by molar-refractivity contribution is -0.153. The normalized spacial score (nSPS) is 22.9. The molecule has 2 rings (SSSR count). The van der Waals surface area contributed by atoms with Crippen molar-refractivity contribution in [1.29, 1.82) is 0 Å². The van der Waals surface area contributed by atoms with Crippen LogP contribution in [0.25, 0.3) is 0 Å². The van der Waals surface area contributed by atoms with Crippen LogP contribution in [0.5, 0.6) is 0 Å². The van der Waals surface area contributed by atoms with Crippen molar-refractivity contribution in [2.24, 2.45) is 0 Å². The van der Waals surface area contributed by atoms with E-state index >= 15 is 0 Å². The van der Waals surface area contributed by atoms with Crippen LogP contribution >= 0.6 is 12.2 Å². The number of hydrogen-bond acceptors (Lipinski definition) is 4. The lowest BCUT2D eigenvalue weighted by Gasteiger charge is -2.36. The van der Waals surface area contributed by atoms with E-state index in [1.54, 1.807) is 4.90 Å². The van der Waals surface area contributed by atoms with Crippen molar-refractivity contribution in [3.05, 3.63) is 0 Å². The highest BCUT2D eigenvalue weighted by atomic mass is 32.1. The SMILES string of the molecule is CCNC(=S)N1CCNC(=O)C1CC(=O)OC1CCCCC1. The number of nitrogens with zero attached hydrogens (tertiary/aromatic N) is 1. The summed E-state index contributed by atoms with van der Waals surface area (Å²) in [6, 6.07) is -0.573. The molecule has 1 heterocycles. The number of esters is 1. The third-order valence-corrected chi connectivity index (χ3v) is 4.51. The average molecular weight is 327 g/mol. The number of hydrogen-bond donors (Lipinski definition) is 2. The van der Waals surface area contributed by atoms with Gasteiger partial charge in [-0.15, -0.1) is 0 Å². The van der Waals surface area contributed by atoms with E-state index in [9.17, 15) is 9.59 Å². The fourth-order valence-electron chi connectivity index (χ4n) is 2.99. The smallest absolute Gasteiger partial charge is 0.308 e. The number of ether oxygens (including phenoxy) is 1. The van der Waals surface area contributed by atoms with Crippen molar-refractivity contribution in [2.75, 3.05) is 19.6 Å². The highest BCUT2D eigenvalue weighted by molar-refractivity contribution is 7.80. The molecule has 1 unspecified atom stereocenters. The van der Waals surface area contributed by atoms with Crippen molar-refractivity contribution in [3.63, 3.8) is 0 Å². The topological polar surface area (TPSA) is 70.7 Å². The average Bonchev–Trinajstić information content (AvgIpc) is 2.50. The van der Waals surface area contributed by atoms with E-state index in [1.165, 1.54) is 6.42 Å². The van der Waals surface area contributed by atoms with Gasteiger partial charge in [0.1, 0.15) is 12.1 Å². The van der Waals surface area contributed by atoms with E-state index in [0.29, 0.717) is 24.7 Å². The number of amides is 1. The first-order chi connectivity index (χ1) is 10.6. The number of carbonyl (C=O) groups is 2. The van der Waals surface area contributed by atoms with Gasteiger partial charge in [0.2, 0.25) is 5.91 Å². The second-order valence-electron chi connectivity index (χ2n) is 5.79. The van der Waals surface area contributed by atoms with Crippen LogP contribution in [0, 0.1) is 0 Å². The van der Waals surface area contributed by atoms with Crippen LogP contribution < -0.4 is 10.6 Å². The van der Waals surface area contributed by atoms with Crippen molar-refractivity contribution < 1.29 is 14.3 Å². The van der Waals surface area contributed by atoms with Gasteiger partial charge in [-0.25, -0.2) is 0 Å². The molecular weight excluding hydrogens is 302 g/mol. The predicted octanol–water partition coefficient (Wildman–Crippen LogP) is 0.947. The maximum absolute atomic E-state index is 12.2. The van der Waals surface area contributed by atoms with Crippen LogP contribution in [0.4, 0.5) is 0 Å². The standard InChI is InChI=1S/C15H25N3O3S/c1-2-16-15(22)18-9-8-17-14(20)12(18)10-13(19)21-11-6-4-3-5-7-11/h11-12H,2-10H2,1H3,(H,16,22)(H,17,20). The van der Waals surface area contributed by atoms with E-state index in [-0.39, 0.29) is 24.4 Å². The largest absolute Gasteiger partial charge is 0.462 e. The Hall–Kier alpha value is -1.37. The van der Waals surface area contributed by atoms with Crippen molar-refractivity contribution >= 4 is 29.2 Å². The zero-order chi connectivity index (χ0) is 15.9. The molecule has 1 saturated heterocycles. The van der Waals surface area contributed by atoms with Crippen molar-refractivity contribution in [1.82, 2.24) is 15.5 Å². The fraction of sp³-hybridized carbons (Fsp3) is 0.800. The van der Waals surface area contributed by atoms with Crippen LogP contribution in [-0.2, 0) is 14.3 Å². The molecule has 0 bridgehead atoms. The summed E-state index contributed by atoms with van der Waals surface area (Å²) < 4.78 is 5.52. The van der Waals surface area contributed by atoms with Gasteiger partial charge >= 0.3 is 5.97 Å². The third-order valence-electron chi connectivity index (χ3n) is 4.13. The Labute approximate surface area is 136 Å². The Morgan fingerprint density at radius 2 is 2.14 bits per heavy atom. The Balaban J connectivity index is 1.92. The zero-order valence-electron chi connectivity index (χ0n) is 13.1. The van der Waals surface area contributed by atoms with E-state index in [1.807, 2.05) is 6.92 Å². The minimum absolute atomic E-state index is 0.0158. The maximum Gasteiger partial charge on any atom is 0.308 e. The highest BCUT2D eigenvalue weighted by Crippen LogP contribution is 2.21. The van der Waals surface area contributed by atoms with Gasteiger partial charge in [-0.05, 0) is 44.8 Å². The summed E-state index contributed by atoms with van der Waals surface area (Å²) >= 11 is 5.30. The number of rotatable bonds is 4. The predicted molar refractivity (Wildman–Crippen MR) is 87.4 cm³/mol. The van der Waals surface area contributed by atoms with Crippen LogP contribution in [0.1, 0.15) is 45.4 Å². The van der Waals surface area contributed by atoms with Gasteiger partial charge in [0, 0.05) is 19.6 Å². The first-order valence-corrected chi connectivity index (χ1v) is 8.54. The molecule has 1 amide bonds. The van der Waals surface area contributed by atoms with Crippen molar-refractivity contribution in [2.45, 2.75) is 57.6 Å². The molecule has 2 aliphatic rings. The minimum Gasteiger partial charge on any atom is -0.462 e. The van der Waals surface area contributed by atoms with Gasteiger partial charge in [-0.2, -0.15) is 0 Å². The van der Waals surface area contributed by atoms with Gasteiger partial charge in [0.25, 0.3) is 0 Å². The summed E-state index contributed by atoms with van der Waals surface area (Å²) in [5.74, 6) is -0.467. The Morgan fingerprint density at radius 3 is 2.82 bits per heavy atom. The maximum atomic E-state index is 12.2. The minimum atomic E-state index is -0.573. The molecule has 6 nitrogen and oxygen atoms in total. The summed E-state index contributed by atoms with van der Waals surface area (Å²) in [6.45, 7) is 3.79. The molecule has 0 spiro atoms. The first-order valence-electron chi connectivity index (χ1n) is 8.13. The molecule has 0 radical (unpaired) electrons. The van der Waals surface area contributed by atoms with E-state index in [2.05, 4.69) is 10.6 Å². The number of nitrogens with one attached hydrogen (secondary N) is 2. The molecule has 1 saturated carbocycles. The van der Waals surface area contributed by atoms with Crippen LogP contribution in [-0.4, -0.2) is 53.7 Å². The monoisotopic (exact) mass is 327 g/mol. The molecule has 2 fully saturated rings. The number of carbonyl (C=O) groups excluding carboxylic acids is 2. The molecule has 0 aromatic heterocycles.